The molecule has 3 rings (SSSR count). The van der Waals surface area contributed by atoms with E-state index < -0.39 is 0 Å². The van der Waals surface area contributed by atoms with Crippen LogP contribution in [0.2, 0.25) is 5.15 Å². The third-order valence-corrected chi connectivity index (χ3v) is 3.61. The molecule has 25 heavy (non-hydrogen) atoms. The minimum atomic E-state index is -0.127. The standard InChI is InChI=1S/C16H16ClN7O/c1-23(10-15(25)20-9-12-2-4-18-5-3-12)14-8-13(17)21-16(22-14)24-7-6-19-11-24/h2-8,11H,9-10H2,1H3,(H,20,25). The van der Waals surface area contributed by atoms with Crippen molar-refractivity contribution in [1.29, 1.82) is 0 Å². The largest absolute Gasteiger partial charge is 0.350 e. The van der Waals surface area contributed by atoms with Crippen molar-refractivity contribution in [1.82, 2.24) is 29.8 Å². The number of likely N-dealkylation sites (N-methyl/N-ethyl adjacent to an activating group) is 1. The lowest BCUT2D eigenvalue weighted by atomic mass is 10.3. The second-order valence-electron chi connectivity index (χ2n) is 5.31. The molecule has 128 valence electrons. The minimum absolute atomic E-state index is 0.127. The summed E-state index contributed by atoms with van der Waals surface area (Å²) in [6, 6.07) is 5.31. The number of carbonyl (C=O) groups is 1. The molecule has 0 bridgehead atoms. The van der Waals surface area contributed by atoms with Crippen LogP contribution in [-0.2, 0) is 11.3 Å². The Labute approximate surface area is 149 Å². The van der Waals surface area contributed by atoms with Crippen LogP contribution in [0.25, 0.3) is 5.95 Å². The first-order chi connectivity index (χ1) is 12.1. The van der Waals surface area contributed by atoms with E-state index in [-0.39, 0.29) is 17.6 Å². The van der Waals surface area contributed by atoms with Crippen LogP contribution in [0.3, 0.4) is 0 Å². The Morgan fingerprint density at radius 2 is 2.04 bits per heavy atom. The van der Waals surface area contributed by atoms with Crippen LogP contribution in [0.5, 0.6) is 0 Å². The van der Waals surface area contributed by atoms with Crippen molar-refractivity contribution in [3.63, 3.8) is 0 Å². The maximum absolute atomic E-state index is 12.1. The van der Waals surface area contributed by atoms with Crippen LogP contribution in [0, 0.1) is 0 Å². The summed E-state index contributed by atoms with van der Waals surface area (Å²) >= 11 is 6.07. The summed E-state index contributed by atoms with van der Waals surface area (Å²) in [5, 5.41) is 3.15. The molecule has 0 spiro atoms. The van der Waals surface area contributed by atoms with Gasteiger partial charge in [-0.2, -0.15) is 4.98 Å². The highest BCUT2D eigenvalue weighted by molar-refractivity contribution is 6.29. The van der Waals surface area contributed by atoms with Gasteiger partial charge in [0.2, 0.25) is 11.9 Å². The van der Waals surface area contributed by atoms with Crippen molar-refractivity contribution < 1.29 is 4.79 Å². The van der Waals surface area contributed by atoms with Crippen molar-refractivity contribution >= 4 is 23.3 Å². The summed E-state index contributed by atoms with van der Waals surface area (Å²) < 4.78 is 1.65. The summed E-state index contributed by atoms with van der Waals surface area (Å²) in [6.07, 6.45) is 8.30. The third kappa shape index (κ3) is 4.51. The van der Waals surface area contributed by atoms with Crippen molar-refractivity contribution in [2.75, 3.05) is 18.5 Å². The number of nitrogens with zero attached hydrogens (tertiary/aromatic N) is 6. The molecule has 3 aromatic heterocycles. The van der Waals surface area contributed by atoms with E-state index in [1.165, 1.54) is 0 Å². The second kappa shape index (κ2) is 7.71. The van der Waals surface area contributed by atoms with Crippen LogP contribution in [-0.4, -0.2) is 44.0 Å². The summed E-state index contributed by atoms with van der Waals surface area (Å²) in [5.41, 5.74) is 0.985. The lowest BCUT2D eigenvalue weighted by molar-refractivity contribution is -0.119. The predicted molar refractivity (Wildman–Crippen MR) is 93.5 cm³/mol. The van der Waals surface area contributed by atoms with Crippen LogP contribution in [0.1, 0.15) is 5.56 Å². The fourth-order valence-electron chi connectivity index (χ4n) is 2.14. The number of carbonyl (C=O) groups excluding carboxylic acids is 1. The first-order valence-electron chi connectivity index (χ1n) is 7.51. The zero-order chi connectivity index (χ0) is 17.6. The van der Waals surface area contributed by atoms with E-state index in [4.69, 9.17) is 11.6 Å². The maximum atomic E-state index is 12.1. The summed E-state index contributed by atoms with van der Waals surface area (Å²) in [6.45, 7) is 0.585. The van der Waals surface area contributed by atoms with Gasteiger partial charge in [-0.25, -0.2) is 9.97 Å². The SMILES string of the molecule is CN(CC(=O)NCc1ccncc1)c1cc(Cl)nc(-n2ccnc2)n1. The first-order valence-corrected chi connectivity index (χ1v) is 7.89. The zero-order valence-corrected chi connectivity index (χ0v) is 14.3. The van der Waals surface area contributed by atoms with Crippen LogP contribution < -0.4 is 10.2 Å². The molecule has 0 radical (unpaired) electrons. The molecule has 0 unspecified atom stereocenters. The number of amides is 1. The number of halogens is 1. The molecule has 3 aromatic rings. The van der Waals surface area contributed by atoms with Crippen molar-refractivity contribution in [3.8, 4) is 5.95 Å². The maximum Gasteiger partial charge on any atom is 0.239 e. The number of aromatic nitrogens is 5. The number of rotatable bonds is 6. The monoisotopic (exact) mass is 357 g/mol. The van der Waals surface area contributed by atoms with Crippen molar-refractivity contribution in [2.45, 2.75) is 6.54 Å². The molecule has 8 nitrogen and oxygen atoms in total. The van der Waals surface area contributed by atoms with E-state index in [1.807, 2.05) is 12.1 Å². The third-order valence-electron chi connectivity index (χ3n) is 3.42. The molecular weight excluding hydrogens is 342 g/mol. The molecule has 3 heterocycles. The van der Waals surface area contributed by atoms with Gasteiger partial charge in [0, 0.05) is 44.4 Å². The first kappa shape index (κ1) is 16.8. The molecule has 1 N–H and O–H groups in total. The molecule has 0 aromatic carbocycles. The highest BCUT2D eigenvalue weighted by Gasteiger charge is 2.12. The molecule has 1 amide bonds. The zero-order valence-electron chi connectivity index (χ0n) is 13.5. The van der Waals surface area contributed by atoms with Crippen LogP contribution in [0.4, 0.5) is 5.82 Å². The molecule has 9 heteroatoms. The average molecular weight is 358 g/mol. The number of pyridine rings is 1. The van der Waals surface area contributed by atoms with Gasteiger partial charge in [-0.15, -0.1) is 0 Å². The topological polar surface area (TPSA) is 88.8 Å². The van der Waals surface area contributed by atoms with Crippen LogP contribution in [0.15, 0.2) is 49.3 Å². The lowest BCUT2D eigenvalue weighted by Crippen LogP contribution is -2.35. The van der Waals surface area contributed by atoms with Gasteiger partial charge in [0.15, 0.2) is 0 Å². The van der Waals surface area contributed by atoms with E-state index >= 15 is 0 Å². The van der Waals surface area contributed by atoms with Gasteiger partial charge in [0.1, 0.15) is 17.3 Å². The molecule has 0 fully saturated rings. The number of nitrogens with one attached hydrogen (secondary N) is 1. The fourth-order valence-corrected chi connectivity index (χ4v) is 2.31. The average Bonchev–Trinajstić information content (AvgIpc) is 3.15. The van der Waals surface area contributed by atoms with Crippen molar-refractivity contribution in [3.05, 3.63) is 60.0 Å². The van der Waals surface area contributed by atoms with Gasteiger partial charge in [-0.3, -0.25) is 14.3 Å². The predicted octanol–water partition coefficient (Wildman–Crippen LogP) is 1.46. The Morgan fingerprint density at radius 3 is 2.76 bits per heavy atom. The van der Waals surface area contributed by atoms with Gasteiger partial charge >= 0.3 is 0 Å². The molecule has 0 aliphatic carbocycles. The molecule has 0 saturated carbocycles. The summed E-state index contributed by atoms with van der Waals surface area (Å²) in [5.74, 6) is 0.810. The fraction of sp³-hybridized carbons (Fsp3) is 0.188. The number of imidazole rings is 1. The Balaban J connectivity index is 1.64. The molecular formula is C16H16ClN7O. The lowest BCUT2D eigenvalue weighted by Gasteiger charge is -2.18. The minimum Gasteiger partial charge on any atom is -0.350 e. The smallest absolute Gasteiger partial charge is 0.239 e. The molecule has 0 atom stereocenters. The van der Waals surface area contributed by atoms with Gasteiger partial charge in [0.05, 0.1) is 6.54 Å². The highest BCUT2D eigenvalue weighted by atomic mass is 35.5. The van der Waals surface area contributed by atoms with Gasteiger partial charge in [-0.05, 0) is 17.7 Å². The summed E-state index contributed by atoms with van der Waals surface area (Å²) in [4.78, 5) is 30.3. The number of hydrogen-bond acceptors (Lipinski definition) is 6. The Bertz CT molecular complexity index is 839. The van der Waals surface area contributed by atoms with E-state index in [0.29, 0.717) is 18.3 Å². The Morgan fingerprint density at radius 1 is 1.24 bits per heavy atom. The molecule has 0 saturated heterocycles. The highest BCUT2D eigenvalue weighted by Crippen LogP contribution is 2.16. The Kier molecular flexibility index (Phi) is 5.20. The van der Waals surface area contributed by atoms with Gasteiger partial charge in [-0.1, -0.05) is 11.6 Å². The molecule has 0 aliphatic heterocycles. The van der Waals surface area contributed by atoms with E-state index in [9.17, 15) is 4.79 Å². The van der Waals surface area contributed by atoms with Gasteiger partial charge < -0.3 is 10.2 Å². The van der Waals surface area contributed by atoms with E-state index in [1.54, 1.807) is 53.7 Å². The second-order valence-corrected chi connectivity index (χ2v) is 5.69. The quantitative estimate of drug-likeness (QED) is 0.672. The summed E-state index contributed by atoms with van der Waals surface area (Å²) in [7, 11) is 1.77. The Hall–Kier alpha value is -3.00. The van der Waals surface area contributed by atoms with Crippen molar-refractivity contribution in [2.24, 2.45) is 0 Å². The molecule has 0 aliphatic rings. The van der Waals surface area contributed by atoms with E-state index in [2.05, 4.69) is 25.3 Å². The van der Waals surface area contributed by atoms with E-state index in [0.717, 1.165) is 5.56 Å². The normalized spacial score (nSPS) is 10.5. The number of hydrogen-bond donors (Lipinski definition) is 1. The van der Waals surface area contributed by atoms with Crippen LogP contribution >= 0.6 is 11.6 Å². The number of anilines is 1. The van der Waals surface area contributed by atoms with Gasteiger partial charge in [0.25, 0.3) is 0 Å².